The fraction of sp³-hybridized carbons (Fsp3) is 0.556. The van der Waals surface area contributed by atoms with Crippen LogP contribution in [0.5, 0.6) is 0 Å². The molecule has 3 amide bonds. The Morgan fingerprint density at radius 3 is 1.76 bits per heavy atom. The fourth-order valence-corrected chi connectivity index (χ4v) is 3.18. The summed E-state index contributed by atoms with van der Waals surface area (Å²) in [6.45, 7) is -0.107. The van der Waals surface area contributed by atoms with Gasteiger partial charge in [-0.2, -0.15) is 39.5 Å². The second-order valence-electron chi connectivity index (χ2n) is 7.28. The van der Waals surface area contributed by atoms with Crippen LogP contribution in [-0.2, 0) is 10.5 Å². The van der Waals surface area contributed by atoms with Crippen LogP contribution in [-0.4, -0.2) is 54.5 Å². The van der Waals surface area contributed by atoms with Gasteiger partial charge in [0.05, 0.1) is 0 Å². The lowest BCUT2D eigenvalue weighted by Crippen LogP contribution is -2.50. The maximum absolute atomic E-state index is 14.0. The highest BCUT2D eigenvalue weighted by atomic mass is 19.4. The number of hydrogen-bond donors (Lipinski definition) is 2. The molecule has 1 aliphatic heterocycles. The molecule has 0 unspecified atom stereocenters. The normalized spacial score (nSPS) is 16.5. The maximum atomic E-state index is 14.0. The lowest BCUT2D eigenvalue weighted by atomic mass is 9.94. The highest BCUT2D eigenvalue weighted by Crippen LogP contribution is 2.53. The number of nitrogens with one attached hydrogen (secondary N) is 2. The van der Waals surface area contributed by atoms with Gasteiger partial charge in [-0.1, -0.05) is 12.1 Å². The van der Waals surface area contributed by atoms with E-state index >= 15 is 0 Å². The van der Waals surface area contributed by atoms with E-state index in [0.29, 0.717) is 12.1 Å². The van der Waals surface area contributed by atoms with Crippen molar-refractivity contribution >= 4 is 17.6 Å². The van der Waals surface area contributed by atoms with E-state index < -0.39 is 54.2 Å². The Morgan fingerprint density at radius 1 is 0.848 bits per heavy atom. The molecule has 1 fully saturated rings. The van der Waals surface area contributed by atoms with Gasteiger partial charge in [-0.15, -0.1) is 0 Å². The van der Waals surface area contributed by atoms with E-state index in [1.165, 1.54) is 0 Å². The van der Waals surface area contributed by atoms with E-state index in [-0.39, 0.29) is 43.8 Å². The van der Waals surface area contributed by atoms with Crippen molar-refractivity contribution < 1.29 is 53.5 Å². The Balaban J connectivity index is 1.94. The average molecular weight is 497 g/mol. The van der Waals surface area contributed by atoms with E-state index in [1.807, 2.05) is 0 Å². The number of urea groups is 1. The Morgan fingerprint density at radius 2 is 1.33 bits per heavy atom. The molecule has 0 atom stereocenters. The predicted octanol–water partition coefficient (Wildman–Crippen LogP) is 5.04. The van der Waals surface area contributed by atoms with Gasteiger partial charge in [0.1, 0.15) is 6.42 Å². The minimum Gasteiger partial charge on any atom is -0.342 e. The van der Waals surface area contributed by atoms with E-state index in [0.717, 1.165) is 4.90 Å². The number of halogens is 10. The second kappa shape index (κ2) is 9.25. The van der Waals surface area contributed by atoms with Gasteiger partial charge in [0, 0.05) is 30.4 Å². The van der Waals surface area contributed by atoms with Crippen molar-refractivity contribution in [1.82, 2.24) is 10.2 Å². The van der Waals surface area contributed by atoms with Crippen LogP contribution in [0.15, 0.2) is 24.3 Å². The predicted molar refractivity (Wildman–Crippen MR) is 93.8 cm³/mol. The molecule has 2 N–H and O–H groups in total. The third-order valence-electron chi connectivity index (χ3n) is 4.86. The summed E-state index contributed by atoms with van der Waals surface area (Å²) in [6.07, 6.45) is -18.6. The molecule has 0 aromatic heterocycles. The highest BCUT2D eigenvalue weighted by molar-refractivity contribution is 5.89. The lowest BCUT2D eigenvalue weighted by Gasteiger charge is -2.32. The highest BCUT2D eigenvalue weighted by Gasteiger charge is 2.73. The Bertz CT molecular complexity index is 827. The Kier molecular flexibility index (Phi) is 7.43. The first-order valence-electron chi connectivity index (χ1n) is 9.29. The van der Waals surface area contributed by atoms with Crippen molar-refractivity contribution in [2.24, 2.45) is 0 Å². The van der Waals surface area contributed by atoms with Crippen LogP contribution in [0.25, 0.3) is 0 Å². The third kappa shape index (κ3) is 6.41. The van der Waals surface area contributed by atoms with Gasteiger partial charge in [-0.25, -0.2) is 9.18 Å². The van der Waals surface area contributed by atoms with Gasteiger partial charge in [-0.3, -0.25) is 4.79 Å². The molecular formula is C18H17F10N3O2. The number of carbonyl (C=O) groups excluding carboxylic acids is 2. The molecule has 0 saturated carbocycles. The summed E-state index contributed by atoms with van der Waals surface area (Å²) in [4.78, 5) is 24.5. The summed E-state index contributed by atoms with van der Waals surface area (Å²) in [6, 6.07) is 0.329. The number of amides is 3. The minimum atomic E-state index is -6.27. The molecule has 0 spiro atoms. The zero-order valence-corrected chi connectivity index (χ0v) is 16.5. The van der Waals surface area contributed by atoms with Gasteiger partial charge in [-0.05, 0) is 25.0 Å². The summed E-state index contributed by atoms with van der Waals surface area (Å²) in [5.74, 6) is -1.10. The number of nitrogens with zero attached hydrogens (tertiary/aromatic N) is 1. The average Bonchev–Trinajstić information content (AvgIpc) is 2.65. The van der Waals surface area contributed by atoms with Crippen LogP contribution in [0, 0.1) is 0 Å². The van der Waals surface area contributed by atoms with Gasteiger partial charge in [0.15, 0.2) is 0 Å². The Labute approximate surface area is 180 Å². The quantitative estimate of drug-likeness (QED) is 0.573. The van der Waals surface area contributed by atoms with E-state index in [4.69, 9.17) is 0 Å². The van der Waals surface area contributed by atoms with Crippen molar-refractivity contribution in [3.63, 3.8) is 0 Å². The molecular weight excluding hydrogens is 480 g/mol. The number of alkyl halides is 10. The molecule has 1 heterocycles. The largest absolute Gasteiger partial charge is 0.435 e. The van der Waals surface area contributed by atoms with Crippen LogP contribution in [0.4, 0.5) is 54.4 Å². The van der Waals surface area contributed by atoms with Crippen LogP contribution in [0.3, 0.4) is 0 Å². The Hall–Kier alpha value is -2.74. The van der Waals surface area contributed by atoms with Gasteiger partial charge >= 0.3 is 30.2 Å². The number of piperidine rings is 1. The molecule has 1 aromatic carbocycles. The number of rotatable bonds is 4. The number of hydrogen-bond acceptors (Lipinski definition) is 2. The van der Waals surface area contributed by atoms with Crippen LogP contribution in [0.1, 0.15) is 24.8 Å². The minimum absolute atomic E-state index is 0.0535. The van der Waals surface area contributed by atoms with Gasteiger partial charge in [0.2, 0.25) is 5.91 Å². The molecule has 0 radical (unpaired) electrons. The van der Waals surface area contributed by atoms with Crippen molar-refractivity contribution in [3.8, 4) is 0 Å². The summed E-state index contributed by atoms with van der Waals surface area (Å²) in [5.41, 5.74) is -7.55. The van der Waals surface area contributed by atoms with Gasteiger partial charge < -0.3 is 15.5 Å². The SMILES string of the molecule is O=C(Nc1ccc(C(F)(C(F)(F)F)C(F)(F)F)cc1)NC1CCN(C(=O)CC(F)(F)F)CC1. The van der Waals surface area contributed by atoms with Crippen LogP contribution in [0.2, 0.25) is 0 Å². The molecule has 5 nitrogen and oxygen atoms in total. The van der Waals surface area contributed by atoms with E-state index in [1.54, 1.807) is 0 Å². The number of anilines is 1. The maximum Gasteiger partial charge on any atom is 0.435 e. The standard InChI is InChI=1S/C18H17F10N3O2/c19-15(20,21)9-13(32)31-7-5-12(6-8-31)30-14(33)29-11-3-1-10(2-4-11)16(22,17(23,24)25)18(26,27)28/h1-4,12H,5-9H2,(H2,29,30,33). The van der Waals surface area contributed by atoms with E-state index in [9.17, 15) is 53.5 Å². The number of benzene rings is 1. The summed E-state index contributed by atoms with van der Waals surface area (Å²) < 4.78 is 127. The fourth-order valence-electron chi connectivity index (χ4n) is 3.18. The van der Waals surface area contributed by atoms with Crippen molar-refractivity contribution in [2.45, 2.75) is 49.5 Å². The molecule has 1 aromatic rings. The molecule has 1 saturated heterocycles. The molecule has 15 heteroatoms. The molecule has 33 heavy (non-hydrogen) atoms. The van der Waals surface area contributed by atoms with Gasteiger partial charge in [0.25, 0.3) is 0 Å². The topological polar surface area (TPSA) is 61.4 Å². The third-order valence-corrected chi connectivity index (χ3v) is 4.86. The first-order chi connectivity index (χ1) is 14.9. The lowest BCUT2D eigenvalue weighted by molar-refractivity contribution is -0.348. The second-order valence-corrected chi connectivity index (χ2v) is 7.28. The summed E-state index contributed by atoms with van der Waals surface area (Å²) in [5, 5.41) is 4.57. The van der Waals surface area contributed by atoms with E-state index in [2.05, 4.69) is 10.6 Å². The molecule has 0 aliphatic carbocycles. The first kappa shape index (κ1) is 26.5. The molecule has 186 valence electrons. The number of carbonyl (C=O) groups is 2. The monoisotopic (exact) mass is 497 g/mol. The molecule has 1 aliphatic rings. The summed E-state index contributed by atoms with van der Waals surface area (Å²) in [7, 11) is 0. The molecule has 2 rings (SSSR count). The van der Waals surface area contributed by atoms with Crippen molar-refractivity contribution in [1.29, 1.82) is 0 Å². The van der Waals surface area contributed by atoms with Crippen molar-refractivity contribution in [3.05, 3.63) is 29.8 Å². The first-order valence-corrected chi connectivity index (χ1v) is 9.29. The smallest absolute Gasteiger partial charge is 0.342 e. The number of likely N-dealkylation sites (tertiary alicyclic amines) is 1. The van der Waals surface area contributed by atoms with Crippen LogP contribution < -0.4 is 10.6 Å². The zero-order chi connectivity index (χ0) is 25.2. The van der Waals surface area contributed by atoms with Crippen LogP contribution >= 0.6 is 0 Å². The van der Waals surface area contributed by atoms with Crippen molar-refractivity contribution in [2.75, 3.05) is 18.4 Å². The molecule has 0 bridgehead atoms. The zero-order valence-electron chi connectivity index (χ0n) is 16.5. The summed E-state index contributed by atoms with van der Waals surface area (Å²) >= 11 is 0.